The van der Waals surface area contributed by atoms with Gasteiger partial charge in [0.2, 0.25) is 0 Å². The lowest BCUT2D eigenvalue weighted by Crippen LogP contribution is -2.18. The van der Waals surface area contributed by atoms with E-state index in [1.807, 2.05) is 6.07 Å². The van der Waals surface area contributed by atoms with Crippen molar-refractivity contribution in [2.45, 2.75) is 19.3 Å². The first-order chi connectivity index (χ1) is 7.61. The Morgan fingerprint density at radius 1 is 1.50 bits per heavy atom. The Morgan fingerprint density at radius 3 is 2.81 bits per heavy atom. The van der Waals surface area contributed by atoms with Crippen molar-refractivity contribution in [3.8, 4) is 0 Å². The molecular formula is C12H16FNO2. The van der Waals surface area contributed by atoms with E-state index in [1.165, 1.54) is 12.1 Å². The van der Waals surface area contributed by atoms with Gasteiger partial charge in [-0.25, -0.2) is 4.39 Å². The predicted molar refractivity (Wildman–Crippen MR) is 59.5 cm³/mol. The Kier molecular flexibility index (Phi) is 4.92. The average Bonchev–Trinajstić information content (AvgIpc) is 2.24. The van der Waals surface area contributed by atoms with Crippen molar-refractivity contribution in [1.82, 2.24) is 0 Å². The van der Waals surface area contributed by atoms with Crippen LogP contribution in [0.25, 0.3) is 0 Å². The summed E-state index contributed by atoms with van der Waals surface area (Å²) in [4.78, 5) is 10.4. The molecule has 0 bridgehead atoms. The number of rotatable bonds is 6. The molecular weight excluding hydrogens is 209 g/mol. The smallest absolute Gasteiger partial charge is 0.303 e. The van der Waals surface area contributed by atoms with Crippen LogP contribution in [0.15, 0.2) is 24.3 Å². The molecule has 0 radical (unpaired) electrons. The molecule has 16 heavy (non-hydrogen) atoms. The molecule has 0 aliphatic heterocycles. The summed E-state index contributed by atoms with van der Waals surface area (Å²) in [7, 11) is 0. The summed E-state index contributed by atoms with van der Waals surface area (Å²) in [6.07, 6.45) is 1.26. The molecule has 4 heteroatoms. The van der Waals surface area contributed by atoms with E-state index >= 15 is 0 Å². The fourth-order valence-corrected chi connectivity index (χ4v) is 1.63. The van der Waals surface area contributed by atoms with Crippen molar-refractivity contribution in [1.29, 1.82) is 0 Å². The molecule has 1 unspecified atom stereocenters. The fraction of sp³-hybridized carbons (Fsp3) is 0.417. The van der Waals surface area contributed by atoms with Crippen LogP contribution in [0, 0.1) is 11.7 Å². The minimum absolute atomic E-state index is 0.0953. The topological polar surface area (TPSA) is 63.3 Å². The third-order valence-corrected chi connectivity index (χ3v) is 2.51. The number of halogens is 1. The number of nitrogens with two attached hydrogens (primary N) is 1. The Morgan fingerprint density at radius 2 is 2.25 bits per heavy atom. The lowest BCUT2D eigenvalue weighted by Gasteiger charge is -2.13. The van der Waals surface area contributed by atoms with Crippen LogP contribution in [0.5, 0.6) is 0 Å². The van der Waals surface area contributed by atoms with Crippen LogP contribution in [0.3, 0.4) is 0 Å². The normalized spacial score (nSPS) is 12.4. The quantitative estimate of drug-likeness (QED) is 0.776. The first kappa shape index (κ1) is 12.6. The van der Waals surface area contributed by atoms with Gasteiger partial charge in [0, 0.05) is 6.42 Å². The molecule has 1 atom stereocenters. The highest BCUT2D eigenvalue weighted by molar-refractivity contribution is 5.66. The predicted octanol–water partition coefficient (Wildman–Crippen LogP) is 1.81. The molecule has 1 rings (SSSR count). The summed E-state index contributed by atoms with van der Waals surface area (Å²) in [6, 6.07) is 6.32. The SMILES string of the molecule is NCC(CCC(=O)O)Cc1cccc(F)c1. The summed E-state index contributed by atoms with van der Waals surface area (Å²) in [6.45, 7) is 0.420. The third kappa shape index (κ3) is 4.40. The van der Waals surface area contributed by atoms with Gasteiger partial charge in [0.05, 0.1) is 0 Å². The van der Waals surface area contributed by atoms with Gasteiger partial charge in [0.1, 0.15) is 5.82 Å². The van der Waals surface area contributed by atoms with Gasteiger partial charge in [-0.15, -0.1) is 0 Å². The number of carboxylic acid groups (broad SMARTS) is 1. The van der Waals surface area contributed by atoms with E-state index in [0.717, 1.165) is 5.56 Å². The molecule has 1 aromatic carbocycles. The van der Waals surface area contributed by atoms with Gasteiger partial charge in [0.25, 0.3) is 0 Å². The number of benzene rings is 1. The highest BCUT2D eigenvalue weighted by Crippen LogP contribution is 2.14. The zero-order valence-corrected chi connectivity index (χ0v) is 9.03. The van der Waals surface area contributed by atoms with E-state index in [2.05, 4.69) is 0 Å². The minimum atomic E-state index is -0.822. The van der Waals surface area contributed by atoms with E-state index in [0.29, 0.717) is 19.4 Å². The summed E-state index contributed by atoms with van der Waals surface area (Å²) in [5.74, 6) is -0.998. The van der Waals surface area contributed by atoms with Gasteiger partial charge in [-0.2, -0.15) is 0 Å². The van der Waals surface area contributed by atoms with Crippen molar-refractivity contribution >= 4 is 5.97 Å². The van der Waals surface area contributed by atoms with Crippen LogP contribution in [0.4, 0.5) is 4.39 Å². The summed E-state index contributed by atoms with van der Waals surface area (Å²) < 4.78 is 12.9. The maximum Gasteiger partial charge on any atom is 0.303 e. The van der Waals surface area contributed by atoms with Gasteiger partial charge in [0.15, 0.2) is 0 Å². The number of carbonyl (C=O) groups is 1. The van der Waals surface area contributed by atoms with Crippen LogP contribution in [0.1, 0.15) is 18.4 Å². The fourth-order valence-electron chi connectivity index (χ4n) is 1.63. The standard InChI is InChI=1S/C12H16FNO2/c13-11-3-1-2-9(7-11)6-10(8-14)4-5-12(15)16/h1-3,7,10H,4-6,8,14H2,(H,15,16). The molecule has 0 fully saturated rings. The highest BCUT2D eigenvalue weighted by atomic mass is 19.1. The second-order valence-electron chi connectivity index (χ2n) is 3.87. The van der Waals surface area contributed by atoms with Crippen LogP contribution in [0.2, 0.25) is 0 Å². The maximum absolute atomic E-state index is 12.9. The second kappa shape index (κ2) is 6.23. The first-order valence-electron chi connectivity index (χ1n) is 5.28. The van der Waals surface area contributed by atoms with E-state index in [9.17, 15) is 9.18 Å². The van der Waals surface area contributed by atoms with Crippen molar-refractivity contribution in [3.05, 3.63) is 35.6 Å². The van der Waals surface area contributed by atoms with Crippen molar-refractivity contribution < 1.29 is 14.3 Å². The van der Waals surface area contributed by atoms with Gasteiger partial charge < -0.3 is 10.8 Å². The van der Waals surface area contributed by atoms with Crippen LogP contribution >= 0.6 is 0 Å². The second-order valence-corrected chi connectivity index (χ2v) is 3.87. The Balaban J connectivity index is 2.52. The van der Waals surface area contributed by atoms with Crippen molar-refractivity contribution in [2.24, 2.45) is 11.7 Å². The van der Waals surface area contributed by atoms with Crippen LogP contribution in [-0.4, -0.2) is 17.6 Å². The van der Waals surface area contributed by atoms with Crippen molar-refractivity contribution in [2.75, 3.05) is 6.54 Å². The highest BCUT2D eigenvalue weighted by Gasteiger charge is 2.10. The molecule has 3 N–H and O–H groups in total. The molecule has 0 aromatic heterocycles. The third-order valence-electron chi connectivity index (χ3n) is 2.51. The van der Waals surface area contributed by atoms with Crippen molar-refractivity contribution in [3.63, 3.8) is 0 Å². The van der Waals surface area contributed by atoms with Crippen LogP contribution in [-0.2, 0) is 11.2 Å². The summed E-state index contributed by atoms with van der Waals surface area (Å²) in [5.41, 5.74) is 6.42. The minimum Gasteiger partial charge on any atom is -0.481 e. The molecule has 1 aromatic rings. The van der Waals surface area contributed by atoms with E-state index in [1.54, 1.807) is 6.07 Å². The Labute approximate surface area is 94.1 Å². The van der Waals surface area contributed by atoms with E-state index in [-0.39, 0.29) is 18.2 Å². The summed E-state index contributed by atoms with van der Waals surface area (Å²) >= 11 is 0. The van der Waals surface area contributed by atoms with Gasteiger partial charge in [-0.1, -0.05) is 12.1 Å². The van der Waals surface area contributed by atoms with E-state index < -0.39 is 5.97 Å². The van der Waals surface area contributed by atoms with Crippen LogP contribution < -0.4 is 5.73 Å². The monoisotopic (exact) mass is 225 g/mol. The Hall–Kier alpha value is -1.42. The molecule has 88 valence electrons. The molecule has 0 aliphatic carbocycles. The van der Waals surface area contributed by atoms with Gasteiger partial charge >= 0.3 is 5.97 Å². The lowest BCUT2D eigenvalue weighted by atomic mass is 9.95. The van der Waals surface area contributed by atoms with Gasteiger partial charge in [-0.05, 0) is 43.0 Å². The number of aliphatic carboxylic acids is 1. The van der Waals surface area contributed by atoms with E-state index in [4.69, 9.17) is 10.8 Å². The summed E-state index contributed by atoms with van der Waals surface area (Å²) in [5, 5.41) is 8.57. The van der Waals surface area contributed by atoms with Gasteiger partial charge in [-0.3, -0.25) is 4.79 Å². The lowest BCUT2D eigenvalue weighted by molar-refractivity contribution is -0.137. The molecule has 0 spiro atoms. The number of hydrogen-bond acceptors (Lipinski definition) is 2. The molecule has 0 amide bonds. The zero-order chi connectivity index (χ0) is 12.0. The Bertz CT molecular complexity index is 355. The average molecular weight is 225 g/mol. The number of hydrogen-bond donors (Lipinski definition) is 2. The molecule has 0 saturated heterocycles. The molecule has 0 aliphatic rings. The molecule has 0 heterocycles. The largest absolute Gasteiger partial charge is 0.481 e. The molecule has 3 nitrogen and oxygen atoms in total. The first-order valence-corrected chi connectivity index (χ1v) is 5.28. The zero-order valence-electron chi connectivity index (χ0n) is 9.03. The maximum atomic E-state index is 12.9. The number of carboxylic acids is 1. The molecule has 0 saturated carbocycles.